The molecule has 1 aromatic carbocycles. The molecule has 23 heavy (non-hydrogen) atoms. The molecule has 0 saturated carbocycles. The van der Waals surface area contributed by atoms with Crippen LogP contribution in [0.25, 0.3) is 11.0 Å². The van der Waals surface area contributed by atoms with Crippen molar-refractivity contribution >= 4 is 27.0 Å². The van der Waals surface area contributed by atoms with Gasteiger partial charge in [0.2, 0.25) is 10.0 Å². The molecule has 0 atom stereocenters. The summed E-state index contributed by atoms with van der Waals surface area (Å²) < 4.78 is 30.4. The molecule has 126 valence electrons. The molecule has 2 rings (SSSR count). The van der Waals surface area contributed by atoms with Crippen LogP contribution in [0.1, 0.15) is 38.9 Å². The average Bonchev–Trinajstić information content (AvgIpc) is 2.81. The molecule has 2 aromatic rings. The van der Waals surface area contributed by atoms with Crippen LogP contribution in [0, 0.1) is 0 Å². The normalized spacial score (nSPS) is 12.0. The third-order valence-corrected chi connectivity index (χ3v) is 4.39. The highest BCUT2D eigenvalue weighted by atomic mass is 32.2. The zero-order valence-corrected chi connectivity index (χ0v) is 14.5. The maximum absolute atomic E-state index is 12.0. The van der Waals surface area contributed by atoms with E-state index in [9.17, 15) is 13.2 Å². The number of carbonyl (C=O) groups excluding carboxylic acids is 1. The van der Waals surface area contributed by atoms with E-state index < -0.39 is 10.0 Å². The van der Waals surface area contributed by atoms with Gasteiger partial charge in [-0.3, -0.25) is 4.79 Å². The number of aromatic nitrogens is 2. The van der Waals surface area contributed by atoms with Crippen LogP contribution in [0.3, 0.4) is 0 Å². The fraction of sp³-hybridized carbons (Fsp3) is 0.500. The van der Waals surface area contributed by atoms with Crippen molar-refractivity contribution in [3.63, 3.8) is 0 Å². The topological polar surface area (TPSA) is 78.3 Å². The molecule has 1 heterocycles. The van der Waals surface area contributed by atoms with Gasteiger partial charge in [0.1, 0.15) is 5.82 Å². The van der Waals surface area contributed by atoms with Gasteiger partial charge in [0, 0.05) is 12.8 Å². The zero-order valence-electron chi connectivity index (χ0n) is 13.7. The monoisotopic (exact) mass is 338 g/mol. The lowest BCUT2D eigenvalue weighted by molar-refractivity contribution is -0.147. The molecular formula is C16H22N2O4S. The average molecular weight is 338 g/mol. The number of esters is 1. The van der Waals surface area contributed by atoms with Gasteiger partial charge in [0.15, 0.2) is 0 Å². The van der Waals surface area contributed by atoms with Crippen LogP contribution in [-0.4, -0.2) is 35.7 Å². The second kappa shape index (κ2) is 7.12. The molecule has 0 radical (unpaired) electrons. The second-order valence-electron chi connectivity index (χ2n) is 5.79. The van der Waals surface area contributed by atoms with Gasteiger partial charge in [-0.05, 0) is 38.8 Å². The maximum Gasteiger partial charge on any atom is 0.306 e. The molecule has 0 amide bonds. The zero-order chi connectivity index (χ0) is 17.0. The summed E-state index contributed by atoms with van der Waals surface area (Å²) in [5.74, 6) is 0.280. The van der Waals surface area contributed by atoms with Gasteiger partial charge in [-0.25, -0.2) is 17.4 Å². The number of rotatable bonds is 7. The van der Waals surface area contributed by atoms with Gasteiger partial charge < -0.3 is 4.74 Å². The van der Waals surface area contributed by atoms with Gasteiger partial charge in [-0.2, -0.15) is 0 Å². The highest BCUT2D eigenvalue weighted by molar-refractivity contribution is 7.89. The molecule has 0 aliphatic carbocycles. The van der Waals surface area contributed by atoms with Gasteiger partial charge in [0.05, 0.1) is 23.4 Å². The Kier molecular flexibility index (Phi) is 5.41. The fourth-order valence-corrected chi connectivity index (χ4v) is 3.48. The van der Waals surface area contributed by atoms with E-state index in [4.69, 9.17) is 4.74 Å². The van der Waals surface area contributed by atoms with Crippen LogP contribution < -0.4 is 0 Å². The first kappa shape index (κ1) is 17.5. The van der Waals surface area contributed by atoms with Crippen LogP contribution in [0.15, 0.2) is 24.3 Å². The van der Waals surface area contributed by atoms with Crippen LogP contribution in [0.2, 0.25) is 0 Å². The molecule has 6 nitrogen and oxygen atoms in total. The summed E-state index contributed by atoms with van der Waals surface area (Å²) in [6.07, 6.45) is 3.19. The number of benzene rings is 1. The third-order valence-electron chi connectivity index (χ3n) is 3.31. The van der Waals surface area contributed by atoms with Crippen molar-refractivity contribution in [2.24, 2.45) is 0 Å². The van der Waals surface area contributed by atoms with Crippen LogP contribution in [0.5, 0.6) is 0 Å². The smallest absolute Gasteiger partial charge is 0.306 e. The van der Waals surface area contributed by atoms with Gasteiger partial charge in [0.25, 0.3) is 0 Å². The second-order valence-corrected chi connectivity index (χ2v) is 7.62. The minimum atomic E-state index is -3.42. The summed E-state index contributed by atoms with van der Waals surface area (Å²) in [4.78, 5) is 15.9. The molecule has 7 heteroatoms. The fourth-order valence-electron chi connectivity index (χ4n) is 2.46. The SMILES string of the molecule is CC(C)OC(=O)CCCCc1nc2ccccc2n1S(C)(=O)=O. The van der Waals surface area contributed by atoms with Crippen molar-refractivity contribution in [1.82, 2.24) is 8.96 Å². The summed E-state index contributed by atoms with van der Waals surface area (Å²) in [6, 6.07) is 7.15. The molecule has 0 aliphatic rings. The lowest BCUT2D eigenvalue weighted by Gasteiger charge is -2.08. The highest BCUT2D eigenvalue weighted by Crippen LogP contribution is 2.19. The summed E-state index contributed by atoms with van der Waals surface area (Å²) in [6.45, 7) is 3.62. The summed E-state index contributed by atoms with van der Waals surface area (Å²) in [5, 5.41) is 0. The largest absolute Gasteiger partial charge is 0.463 e. The molecule has 0 bridgehead atoms. The summed E-state index contributed by atoms with van der Waals surface area (Å²) >= 11 is 0. The number of imidazole rings is 1. The van der Waals surface area contributed by atoms with Crippen molar-refractivity contribution in [1.29, 1.82) is 0 Å². The lowest BCUT2D eigenvalue weighted by Crippen LogP contribution is -2.14. The van der Waals surface area contributed by atoms with Crippen molar-refractivity contribution in [3.8, 4) is 0 Å². The number of fused-ring (bicyclic) bond motifs is 1. The Bertz CT molecular complexity index is 794. The predicted molar refractivity (Wildman–Crippen MR) is 88.8 cm³/mol. The number of ether oxygens (including phenoxy) is 1. The Morgan fingerprint density at radius 1 is 1.26 bits per heavy atom. The van der Waals surface area contributed by atoms with E-state index in [1.54, 1.807) is 18.2 Å². The molecule has 0 aliphatic heterocycles. The standard InChI is InChI=1S/C16H22N2O4S/c1-12(2)22-16(19)11-7-6-10-15-17-13-8-4-5-9-14(13)18(15)23(3,20)21/h4-5,8-9,12H,6-7,10-11H2,1-3H3. The van der Waals surface area contributed by atoms with E-state index in [0.29, 0.717) is 42.5 Å². The molecule has 0 N–H and O–H groups in total. The minimum absolute atomic E-state index is 0.114. The summed E-state index contributed by atoms with van der Waals surface area (Å²) in [5.41, 5.74) is 1.25. The van der Waals surface area contributed by atoms with E-state index in [0.717, 1.165) is 0 Å². The lowest BCUT2D eigenvalue weighted by atomic mass is 10.2. The van der Waals surface area contributed by atoms with Crippen molar-refractivity contribution in [2.75, 3.05) is 6.26 Å². The Balaban J connectivity index is 2.07. The molecule has 0 unspecified atom stereocenters. The van der Waals surface area contributed by atoms with Gasteiger partial charge in [-0.1, -0.05) is 12.1 Å². The highest BCUT2D eigenvalue weighted by Gasteiger charge is 2.17. The Morgan fingerprint density at radius 3 is 2.61 bits per heavy atom. The van der Waals surface area contributed by atoms with Crippen LogP contribution >= 0.6 is 0 Å². The number of para-hydroxylation sites is 2. The molecule has 0 fully saturated rings. The Morgan fingerprint density at radius 2 is 1.96 bits per heavy atom. The van der Waals surface area contributed by atoms with Gasteiger partial charge in [-0.15, -0.1) is 0 Å². The van der Waals surface area contributed by atoms with E-state index in [1.807, 2.05) is 19.9 Å². The Hall–Kier alpha value is -1.89. The first-order valence-electron chi connectivity index (χ1n) is 7.65. The number of hydrogen-bond acceptors (Lipinski definition) is 5. The quantitative estimate of drug-likeness (QED) is 0.572. The number of aryl methyl sites for hydroxylation is 1. The Labute approximate surface area is 136 Å². The molecular weight excluding hydrogens is 316 g/mol. The van der Waals surface area contributed by atoms with Crippen molar-refractivity contribution in [3.05, 3.63) is 30.1 Å². The van der Waals surface area contributed by atoms with Gasteiger partial charge >= 0.3 is 5.97 Å². The number of carbonyl (C=O) groups is 1. The third kappa shape index (κ3) is 4.54. The molecule has 0 saturated heterocycles. The first-order valence-corrected chi connectivity index (χ1v) is 9.50. The van der Waals surface area contributed by atoms with Crippen LogP contribution in [-0.2, 0) is 26.0 Å². The number of unbranched alkanes of at least 4 members (excludes halogenated alkanes) is 1. The maximum atomic E-state index is 12.0. The predicted octanol–water partition coefficient (Wildman–Crippen LogP) is 2.51. The van der Waals surface area contributed by atoms with E-state index in [1.165, 1.54) is 10.2 Å². The van der Waals surface area contributed by atoms with E-state index in [2.05, 4.69) is 4.98 Å². The van der Waals surface area contributed by atoms with Crippen molar-refractivity contribution in [2.45, 2.75) is 45.6 Å². The number of hydrogen-bond donors (Lipinski definition) is 0. The molecule has 0 spiro atoms. The van der Waals surface area contributed by atoms with E-state index in [-0.39, 0.29) is 12.1 Å². The summed E-state index contributed by atoms with van der Waals surface area (Å²) in [7, 11) is -3.42. The number of nitrogens with zero attached hydrogens (tertiary/aromatic N) is 2. The van der Waals surface area contributed by atoms with E-state index >= 15 is 0 Å². The van der Waals surface area contributed by atoms with Crippen molar-refractivity contribution < 1.29 is 17.9 Å². The molecule has 1 aromatic heterocycles. The van der Waals surface area contributed by atoms with Crippen LogP contribution in [0.4, 0.5) is 0 Å². The minimum Gasteiger partial charge on any atom is -0.463 e. The first-order chi connectivity index (χ1) is 10.8.